The highest BCUT2D eigenvalue weighted by atomic mass is 35.5. The molecule has 1 aliphatic heterocycles. The smallest absolute Gasteiger partial charge is 0.230 e. The summed E-state index contributed by atoms with van der Waals surface area (Å²) in [5.74, 6) is -0.162. The quantitative estimate of drug-likeness (QED) is 0.543. The lowest BCUT2D eigenvalue weighted by molar-refractivity contribution is -0.115. The van der Waals surface area contributed by atoms with Gasteiger partial charge in [-0.2, -0.15) is 0 Å². The summed E-state index contributed by atoms with van der Waals surface area (Å²) in [6.07, 6.45) is 0.191. The topological polar surface area (TPSA) is 48.5 Å². The zero-order chi connectivity index (χ0) is 21.8. The summed E-state index contributed by atoms with van der Waals surface area (Å²) in [5.41, 5.74) is 3.66. The van der Waals surface area contributed by atoms with Crippen LogP contribution in [0.15, 0.2) is 47.8 Å². The van der Waals surface area contributed by atoms with E-state index in [1.807, 2.05) is 5.38 Å². The number of aromatic nitrogens is 1. The summed E-state index contributed by atoms with van der Waals surface area (Å²) in [5, 5.41) is 6.62. The van der Waals surface area contributed by atoms with Gasteiger partial charge >= 0.3 is 0 Å². The molecule has 1 N–H and O–H groups in total. The van der Waals surface area contributed by atoms with Crippen molar-refractivity contribution in [2.45, 2.75) is 13.0 Å². The van der Waals surface area contributed by atoms with Crippen molar-refractivity contribution >= 4 is 46.1 Å². The zero-order valence-electron chi connectivity index (χ0n) is 17.3. The van der Waals surface area contributed by atoms with Crippen molar-refractivity contribution < 1.29 is 4.79 Å². The number of benzene rings is 2. The van der Waals surface area contributed by atoms with Gasteiger partial charge in [0, 0.05) is 48.7 Å². The number of nitrogens with zero attached hydrogens (tertiary/aromatic N) is 3. The van der Waals surface area contributed by atoms with Gasteiger partial charge in [-0.05, 0) is 36.9 Å². The van der Waals surface area contributed by atoms with Crippen LogP contribution in [-0.2, 0) is 17.8 Å². The Bertz CT molecular complexity index is 1060. The molecule has 0 bridgehead atoms. The lowest BCUT2D eigenvalue weighted by Crippen LogP contribution is -2.43. The Morgan fingerprint density at radius 1 is 1.13 bits per heavy atom. The highest BCUT2D eigenvalue weighted by molar-refractivity contribution is 7.13. The highest BCUT2D eigenvalue weighted by Crippen LogP contribution is 2.27. The number of halogens is 2. The summed E-state index contributed by atoms with van der Waals surface area (Å²) < 4.78 is 0. The van der Waals surface area contributed by atoms with E-state index in [4.69, 9.17) is 23.2 Å². The van der Waals surface area contributed by atoms with Gasteiger partial charge in [0.25, 0.3) is 0 Å². The van der Waals surface area contributed by atoms with Gasteiger partial charge in [-0.15, -0.1) is 11.3 Å². The van der Waals surface area contributed by atoms with Gasteiger partial charge in [0.05, 0.1) is 22.8 Å². The van der Waals surface area contributed by atoms with E-state index in [1.54, 1.807) is 29.5 Å². The van der Waals surface area contributed by atoms with Crippen molar-refractivity contribution in [3.8, 4) is 10.6 Å². The Morgan fingerprint density at radius 2 is 1.94 bits per heavy atom. The third-order valence-corrected chi connectivity index (χ3v) is 6.76. The maximum atomic E-state index is 12.4. The normalized spacial score (nSPS) is 15.2. The average molecular weight is 475 g/mol. The van der Waals surface area contributed by atoms with Crippen LogP contribution in [0.1, 0.15) is 11.3 Å². The molecule has 2 aromatic carbocycles. The second kappa shape index (κ2) is 10.1. The highest BCUT2D eigenvalue weighted by Gasteiger charge is 2.15. The van der Waals surface area contributed by atoms with E-state index in [-0.39, 0.29) is 12.3 Å². The summed E-state index contributed by atoms with van der Waals surface area (Å²) in [7, 11) is 2.17. The first-order chi connectivity index (χ1) is 15.0. The second-order valence-corrected chi connectivity index (χ2v) is 9.47. The van der Waals surface area contributed by atoms with Crippen LogP contribution in [0.5, 0.6) is 0 Å². The van der Waals surface area contributed by atoms with Gasteiger partial charge in [0.2, 0.25) is 5.91 Å². The number of thiazole rings is 1. The summed E-state index contributed by atoms with van der Waals surface area (Å²) in [6, 6.07) is 13.5. The van der Waals surface area contributed by atoms with Crippen LogP contribution in [-0.4, -0.2) is 53.9 Å². The number of piperazine rings is 1. The molecule has 0 radical (unpaired) electrons. The number of amides is 1. The molecule has 2 heterocycles. The molecule has 8 heteroatoms. The number of carbonyl (C=O) groups excluding carboxylic acids is 1. The maximum absolute atomic E-state index is 12.4. The van der Waals surface area contributed by atoms with Crippen molar-refractivity contribution in [2.75, 3.05) is 38.5 Å². The van der Waals surface area contributed by atoms with E-state index in [0.29, 0.717) is 15.7 Å². The van der Waals surface area contributed by atoms with Crippen LogP contribution >= 0.6 is 34.5 Å². The molecule has 0 atom stereocenters. The molecule has 0 saturated carbocycles. The van der Waals surface area contributed by atoms with Gasteiger partial charge in [-0.3, -0.25) is 9.69 Å². The van der Waals surface area contributed by atoms with Crippen molar-refractivity contribution in [1.82, 2.24) is 14.8 Å². The predicted octanol–water partition coefficient (Wildman–Crippen LogP) is 5.05. The van der Waals surface area contributed by atoms with E-state index in [0.717, 1.165) is 49.0 Å². The molecule has 31 heavy (non-hydrogen) atoms. The molecule has 1 aromatic heterocycles. The number of carbonyl (C=O) groups is 1. The number of nitrogens with one attached hydrogen (secondary N) is 1. The van der Waals surface area contributed by atoms with Crippen molar-refractivity contribution in [1.29, 1.82) is 0 Å². The van der Waals surface area contributed by atoms with Crippen LogP contribution in [0.25, 0.3) is 10.6 Å². The monoisotopic (exact) mass is 474 g/mol. The third-order valence-electron chi connectivity index (χ3n) is 5.27. The molecule has 5 nitrogen and oxygen atoms in total. The fourth-order valence-corrected chi connectivity index (χ4v) is 4.81. The van der Waals surface area contributed by atoms with E-state index in [1.165, 1.54) is 5.56 Å². The summed E-state index contributed by atoms with van der Waals surface area (Å²) in [6.45, 7) is 5.35. The molecule has 1 amide bonds. The standard InChI is InChI=1S/C23H24Cl2N4OS/c1-28-7-9-29(10-8-28)14-16-3-2-4-17(11-16)23-26-19(15-31-23)13-22(30)27-21-6-5-18(24)12-20(21)25/h2-6,11-12,15H,7-10,13-14H2,1H3,(H,27,30). The number of hydrogen-bond donors (Lipinski definition) is 1. The Hall–Kier alpha value is -1.96. The molecule has 0 aliphatic carbocycles. The maximum Gasteiger partial charge on any atom is 0.230 e. The summed E-state index contributed by atoms with van der Waals surface area (Å²) in [4.78, 5) is 21.9. The Labute approximate surface area is 196 Å². The lowest BCUT2D eigenvalue weighted by atomic mass is 10.1. The average Bonchev–Trinajstić information content (AvgIpc) is 3.20. The van der Waals surface area contributed by atoms with Gasteiger partial charge in [0.15, 0.2) is 0 Å². The third kappa shape index (κ3) is 6.05. The molecule has 3 aromatic rings. The van der Waals surface area contributed by atoms with Crippen LogP contribution in [0.2, 0.25) is 10.0 Å². The minimum Gasteiger partial charge on any atom is -0.324 e. The zero-order valence-corrected chi connectivity index (χ0v) is 19.6. The molecule has 1 aliphatic rings. The SMILES string of the molecule is CN1CCN(Cc2cccc(-c3nc(CC(=O)Nc4ccc(Cl)cc4Cl)cs3)c2)CC1. The fraction of sp³-hybridized carbons (Fsp3) is 0.304. The molecule has 0 spiro atoms. The number of hydrogen-bond acceptors (Lipinski definition) is 5. The molecule has 0 unspecified atom stereocenters. The van der Waals surface area contributed by atoms with E-state index in [2.05, 4.69) is 51.4 Å². The number of rotatable bonds is 6. The molecule has 1 fully saturated rings. The van der Waals surface area contributed by atoms with E-state index in [9.17, 15) is 4.79 Å². The fourth-order valence-electron chi connectivity index (χ4n) is 3.54. The molecular formula is C23H24Cl2N4OS. The number of anilines is 1. The summed E-state index contributed by atoms with van der Waals surface area (Å²) >= 11 is 13.6. The Balaban J connectivity index is 1.38. The molecule has 162 valence electrons. The van der Waals surface area contributed by atoms with Crippen molar-refractivity contribution in [3.05, 3.63) is 69.1 Å². The molecule has 4 rings (SSSR count). The van der Waals surface area contributed by atoms with Gasteiger partial charge in [0.1, 0.15) is 5.01 Å². The van der Waals surface area contributed by atoms with Gasteiger partial charge < -0.3 is 10.2 Å². The van der Waals surface area contributed by atoms with Crippen LogP contribution < -0.4 is 5.32 Å². The van der Waals surface area contributed by atoms with E-state index >= 15 is 0 Å². The lowest BCUT2D eigenvalue weighted by Gasteiger charge is -2.32. The second-order valence-electron chi connectivity index (χ2n) is 7.77. The molecular weight excluding hydrogens is 451 g/mol. The first-order valence-electron chi connectivity index (χ1n) is 10.2. The van der Waals surface area contributed by atoms with Crippen LogP contribution in [0, 0.1) is 0 Å². The first kappa shape index (κ1) is 22.2. The first-order valence-corrected chi connectivity index (χ1v) is 11.8. The predicted molar refractivity (Wildman–Crippen MR) is 129 cm³/mol. The largest absolute Gasteiger partial charge is 0.324 e. The van der Waals surface area contributed by atoms with Crippen molar-refractivity contribution in [3.63, 3.8) is 0 Å². The Morgan fingerprint density at radius 3 is 2.71 bits per heavy atom. The van der Waals surface area contributed by atoms with Gasteiger partial charge in [-0.1, -0.05) is 41.4 Å². The minimum atomic E-state index is -0.162. The van der Waals surface area contributed by atoms with Crippen LogP contribution in [0.4, 0.5) is 5.69 Å². The van der Waals surface area contributed by atoms with Crippen LogP contribution in [0.3, 0.4) is 0 Å². The Kier molecular flexibility index (Phi) is 7.25. The number of likely N-dealkylation sites (N-methyl/N-ethyl adjacent to an activating group) is 1. The van der Waals surface area contributed by atoms with Gasteiger partial charge in [-0.25, -0.2) is 4.98 Å². The van der Waals surface area contributed by atoms with Crippen molar-refractivity contribution in [2.24, 2.45) is 0 Å². The minimum absolute atomic E-state index is 0.162. The molecule has 1 saturated heterocycles. The van der Waals surface area contributed by atoms with E-state index < -0.39 is 0 Å².